The Hall–Kier alpha value is -1.89. The van der Waals surface area contributed by atoms with Crippen LogP contribution in [-0.2, 0) is 22.1 Å². The normalized spacial score (nSPS) is 11.9. The van der Waals surface area contributed by atoms with Crippen LogP contribution in [0.3, 0.4) is 0 Å². The summed E-state index contributed by atoms with van der Waals surface area (Å²) in [6.45, 7) is 0. The quantitative estimate of drug-likeness (QED) is 0.474. The van der Waals surface area contributed by atoms with Gasteiger partial charge in [0.1, 0.15) is 0 Å². The Morgan fingerprint density at radius 2 is 1.86 bits per heavy atom. The number of hydrogen-bond acceptors (Lipinski definition) is 4. The summed E-state index contributed by atoms with van der Waals surface area (Å²) in [4.78, 5) is 10.4. The van der Waals surface area contributed by atoms with Crippen LogP contribution in [0.2, 0.25) is 0 Å². The minimum atomic E-state index is -5.09. The van der Waals surface area contributed by atoms with Crippen molar-refractivity contribution in [2.45, 2.75) is 23.0 Å². The first-order valence-corrected chi connectivity index (χ1v) is 6.27. The van der Waals surface area contributed by atoms with Gasteiger partial charge in [0.25, 0.3) is 0 Å². The first kappa shape index (κ1) is 18.2. The van der Waals surface area contributed by atoms with Crippen LogP contribution in [0.1, 0.15) is 16.7 Å². The number of ether oxygens (including phenoxy) is 1. The number of carbonyl (C=O) groups excluding carboxylic acids is 1. The molecule has 0 aliphatic heterocycles. The van der Waals surface area contributed by atoms with Gasteiger partial charge in [0, 0.05) is 4.90 Å². The maximum atomic E-state index is 13.1. The van der Waals surface area contributed by atoms with Crippen molar-refractivity contribution in [2.24, 2.45) is 0 Å². The molecule has 3 nitrogen and oxygen atoms in total. The number of thioether (sulfide) groups is 1. The van der Waals surface area contributed by atoms with Crippen molar-refractivity contribution in [3.63, 3.8) is 0 Å². The van der Waals surface area contributed by atoms with Gasteiger partial charge < -0.3 is 4.74 Å². The van der Waals surface area contributed by atoms with Gasteiger partial charge in [-0.1, -0.05) is 0 Å². The average Bonchev–Trinajstić information content (AvgIpc) is 2.37. The minimum Gasteiger partial charge on any atom is -0.469 e. The first-order valence-electron chi connectivity index (χ1n) is 5.45. The van der Waals surface area contributed by atoms with E-state index in [0.29, 0.717) is 6.07 Å². The lowest BCUT2D eigenvalue weighted by molar-refractivity contribution is -0.141. The maximum absolute atomic E-state index is 13.1. The summed E-state index contributed by atoms with van der Waals surface area (Å²) in [5.74, 6) is -1.15. The van der Waals surface area contributed by atoms with E-state index in [2.05, 4.69) is 4.74 Å². The lowest BCUT2D eigenvalue weighted by Crippen LogP contribution is -2.17. The van der Waals surface area contributed by atoms with E-state index in [-0.39, 0.29) is 0 Å². The molecule has 0 aliphatic rings. The van der Waals surface area contributed by atoms with E-state index < -0.39 is 57.4 Å². The van der Waals surface area contributed by atoms with Crippen molar-refractivity contribution in [1.29, 1.82) is 5.26 Å². The Balaban J connectivity index is 3.59. The lowest BCUT2D eigenvalue weighted by Gasteiger charge is -2.18. The number of rotatable bonds is 3. The summed E-state index contributed by atoms with van der Waals surface area (Å²) >= 11 is -0.788. The number of hydrogen-bond donors (Lipinski definition) is 0. The SMILES string of the molecule is COC(=O)Cc1c(SC(F)(F)F)ccc(C#N)c1C(F)(F)F. The smallest absolute Gasteiger partial charge is 0.446 e. The van der Waals surface area contributed by atoms with Crippen LogP contribution < -0.4 is 0 Å². The van der Waals surface area contributed by atoms with Crippen molar-refractivity contribution in [1.82, 2.24) is 0 Å². The number of methoxy groups -OCH3 is 1. The molecule has 0 fully saturated rings. The van der Waals surface area contributed by atoms with Crippen molar-refractivity contribution in [3.05, 3.63) is 28.8 Å². The average molecular weight is 343 g/mol. The van der Waals surface area contributed by atoms with Crippen LogP contribution >= 0.6 is 11.8 Å². The fourth-order valence-electron chi connectivity index (χ4n) is 1.66. The molecule has 0 amide bonds. The zero-order chi connectivity index (χ0) is 17.1. The molecule has 0 spiro atoms. The monoisotopic (exact) mass is 343 g/mol. The minimum absolute atomic E-state index is 0.637. The first-order chi connectivity index (χ1) is 9.99. The molecule has 1 rings (SSSR count). The highest BCUT2D eigenvalue weighted by Crippen LogP contribution is 2.44. The third-order valence-electron chi connectivity index (χ3n) is 2.45. The molecule has 0 atom stereocenters. The highest BCUT2D eigenvalue weighted by atomic mass is 32.2. The van der Waals surface area contributed by atoms with Crippen LogP contribution in [0.5, 0.6) is 0 Å². The third-order valence-corrected chi connectivity index (χ3v) is 3.28. The number of halogens is 6. The standard InChI is InChI=1S/C12H7F6NO2S/c1-21-9(20)4-7-8(22-12(16,17)18)3-2-6(5-19)10(7)11(13,14)15/h2-3H,4H2,1H3. The molecule has 10 heteroatoms. The zero-order valence-corrected chi connectivity index (χ0v) is 11.6. The number of carbonyl (C=O) groups is 1. The summed E-state index contributed by atoms with van der Waals surface area (Å²) in [5, 5.41) is 8.73. The lowest BCUT2D eigenvalue weighted by atomic mass is 9.98. The fraction of sp³-hybridized carbons (Fsp3) is 0.333. The number of alkyl halides is 6. The van der Waals surface area contributed by atoms with Crippen molar-refractivity contribution < 1.29 is 35.9 Å². The number of nitrogens with zero attached hydrogens (tertiary/aromatic N) is 1. The second-order valence-electron chi connectivity index (χ2n) is 3.88. The van der Waals surface area contributed by atoms with Crippen LogP contribution in [-0.4, -0.2) is 18.6 Å². The maximum Gasteiger partial charge on any atom is 0.446 e. The molecule has 1 aromatic rings. The second kappa shape index (κ2) is 6.48. The van der Waals surface area contributed by atoms with Gasteiger partial charge in [-0.3, -0.25) is 4.79 Å². The van der Waals surface area contributed by atoms with E-state index in [4.69, 9.17) is 5.26 Å². The molecular weight excluding hydrogens is 336 g/mol. The van der Waals surface area contributed by atoms with Gasteiger partial charge in [0.15, 0.2) is 0 Å². The van der Waals surface area contributed by atoms with E-state index >= 15 is 0 Å². The van der Waals surface area contributed by atoms with Gasteiger partial charge in [-0.25, -0.2) is 0 Å². The summed E-state index contributed by atoms with van der Waals surface area (Å²) in [7, 11) is 0.889. The van der Waals surface area contributed by atoms with Gasteiger partial charge in [-0.05, 0) is 29.5 Å². The molecule has 0 unspecified atom stereocenters. The molecule has 0 bridgehead atoms. The predicted molar refractivity (Wildman–Crippen MR) is 63.8 cm³/mol. The molecule has 0 radical (unpaired) electrons. The molecule has 0 N–H and O–H groups in total. The number of benzene rings is 1. The number of esters is 1. The molecule has 0 aromatic heterocycles. The Labute approximate surface area is 124 Å². The van der Waals surface area contributed by atoms with E-state index in [1.807, 2.05) is 0 Å². The molecule has 22 heavy (non-hydrogen) atoms. The molecular formula is C12H7F6NO2S. The molecule has 0 saturated carbocycles. The molecule has 0 aliphatic carbocycles. The van der Waals surface area contributed by atoms with E-state index in [1.54, 1.807) is 0 Å². The molecule has 1 aromatic carbocycles. The summed E-state index contributed by atoms with van der Waals surface area (Å²) < 4.78 is 80.8. The topological polar surface area (TPSA) is 50.1 Å². The van der Waals surface area contributed by atoms with E-state index in [9.17, 15) is 31.1 Å². The third kappa shape index (κ3) is 4.56. The highest BCUT2D eigenvalue weighted by molar-refractivity contribution is 8.00. The molecule has 0 saturated heterocycles. The zero-order valence-electron chi connectivity index (χ0n) is 10.8. The summed E-state index contributed by atoms with van der Waals surface area (Å²) in [6.07, 6.45) is -6.12. The Morgan fingerprint density at radius 1 is 1.27 bits per heavy atom. The van der Waals surface area contributed by atoms with Gasteiger partial charge in [0.05, 0.1) is 30.7 Å². The Kier molecular flexibility index (Phi) is 5.35. The van der Waals surface area contributed by atoms with E-state index in [1.165, 1.54) is 6.07 Å². The largest absolute Gasteiger partial charge is 0.469 e. The molecule has 0 heterocycles. The van der Waals surface area contributed by atoms with Gasteiger partial charge in [-0.15, -0.1) is 0 Å². The van der Waals surface area contributed by atoms with Gasteiger partial charge in [0.2, 0.25) is 0 Å². The highest BCUT2D eigenvalue weighted by Gasteiger charge is 2.40. The van der Waals surface area contributed by atoms with Crippen molar-refractivity contribution >= 4 is 17.7 Å². The predicted octanol–water partition coefficient (Wildman–Crippen LogP) is 3.90. The second-order valence-corrected chi connectivity index (χ2v) is 4.98. The number of nitriles is 1. The van der Waals surface area contributed by atoms with Crippen LogP contribution in [0.25, 0.3) is 0 Å². The van der Waals surface area contributed by atoms with Gasteiger partial charge >= 0.3 is 17.7 Å². The van der Waals surface area contributed by atoms with Crippen LogP contribution in [0.15, 0.2) is 17.0 Å². The Bertz CT molecular complexity index is 618. The van der Waals surface area contributed by atoms with Crippen molar-refractivity contribution in [3.8, 4) is 6.07 Å². The molecule has 120 valence electrons. The van der Waals surface area contributed by atoms with E-state index in [0.717, 1.165) is 13.2 Å². The van der Waals surface area contributed by atoms with Crippen molar-refractivity contribution in [2.75, 3.05) is 7.11 Å². The fourth-order valence-corrected chi connectivity index (χ4v) is 2.34. The van der Waals surface area contributed by atoms with Crippen LogP contribution in [0, 0.1) is 11.3 Å². The Morgan fingerprint density at radius 3 is 2.27 bits per heavy atom. The van der Waals surface area contributed by atoms with Crippen LogP contribution in [0.4, 0.5) is 26.3 Å². The summed E-state index contributed by atoms with van der Waals surface area (Å²) in [5.41, 5.74) is -8.20. The van der Waals surface area contributed by atoms with Gasteiger partial charge in [-0.2, -0.15) is 31.6 Å². The summed E-state index contributed by atoms with van der Waals surface area (Å²) in [6, 6.07) is 2.62.